The third-order valence-corrected chi connectivity index (χ3v) is 3.37. The Morgan fingerprint density at radius 1 is 1.36 bits per heavy atom. The minimum atomic E-state index is -0.157. The zero-order valence-corrected chi connectivity index (χ0v) is 9.48. The third-order valence-electron chi connectivity index (χ3n) is 2.64. The molecule has 1 nitrogen and oxygen atoms in total. The Morgan fingerprint density at radius 3 is 2.93 bits per heavy atom. The second-order valence-electron chi connectivity index (χ2n) is 3.67. The molecule has 0 bridgehead atoms. The maximum absolute atomic E-state index is 13.1. The van der Waals surface area contributed by atoms with Crippen LogP contribution in [-0.4, -0.2) is 6.54 Å². The number of hydrogen-bond donors (Lipinski definition) is 1. The second kappa shape index (κ2) is 4.41. The normalized spacial score (nSPS) is 22.3. The van der Waals surface area contributed by atoms with Crippen molar-refractivity contribution in [2.24, 2.45) is 0 Å². The van der Waals surface area contributed by atoms with Gasteiger partial charge in [0.1, 0.15) is 5.82 Å². The first-order valence-corrected chi connectivity index (χ1v) is 5.75. The fourth-order valence-electron chi connectivity index (χ4n) is 1.90. The predicted octanol–water partition coefficient (Wildman–Crippen LogP) is 3.40. The highest BCUT2D eigenvalue weighted by Crippen LogP contribution is 2.29. The van der Waals surface area contributed by atoms with Gasteiger partial charge < -0.3 is 5.32 Å². The van der Waals surface area contributed by atoms with Crippen molar-refractivity contribution in [1.29, 1.82) is 0 Å². The summed E-state index contributed by atoms with van der Waals surface area (Å²) in [5.74, 6) is -0.157. The van der Waals surface area contributed by atoms with Crippen LogP contribution in [0.25, 0.3) is 0 Å². The molecule has 1 aromatic rings. The Bertz CT molecular complexity index is 321. The SMILES string of the molecule is Fc1ccc(Br)c([C@@H]2CCCCN2)c1. The van der Waals surface area contributed by atoms with Crippen molar-refractivity contribution in [2.45, 2.75) is 25.3 Å². The molecule has 0 spiro atoms. The van der Waals surface area contributed by atoms with Crippen molar-refractivity contribution in [3.63, 3.8) is 0 Å². The van der Waals surface area contributed by atoms with Crippen LogP contribution in [0.3, 0.4) is 0 Å². The van der Waals surface area contributed by atoms with Gasteiger partial charge in [0, 0.05) is 10.5 Å². The Labute approximate surface area is 91.8 Å². The van der Waals surface area contributed by atoms with E-state index in [0.29, 0.717) is 6.04 Å². The maximum atomic E-state index is 13.1. The molecule has 1 aromatic carbocycles. The van der Waals surface area contributed by atoms with E-state index in [2.05, 4.69) is 21.2 Å². The molecule has 0 saturated carbocycles. The fraction of sp³-hybridized carbons (Fsp3) is 0.455. The van der Waals surface area contributed by atoms with Crippen molar-refractivity contribution in [1.82, 2.24) is 5.32 Å². The molecule has 3 heteroatoms. The zero-order valence-electron chi connectivity index (χ0n) is 7.89. The number of halogens is 2. The quantitative estimate of drug-likeness (QED) is 0.814. The second-order valence-corrected chi connectivity index (χ2v) is 4.52. The molecule has 14 heavy (non-hydrogen) atoms. The van der Waals surface area contributed by atoms with Gasteiger partial charge in [-0.15, -0.1) is 0 Å². The number of benzene rings is 1. The molecule has 1 saturated heterocycles. The molecule has 0 unspecified atom stereocenters. The van der Waals surface area contributed by atoms with Crippen molar-refractivity contribution < 1.29 is 4.39 Å². The van der Waals surface area contributed by atoms with Gasteiger partial charge in [0.25, 0.3) is 0 Å². The minimum absolute atomic E-state index is 0.157. The van der Waals surface area contributed by atoms with Crippen LogP contribution >= 0.6 is 15.9 Å². The van der Waals surface area contributed by atoms with E-state index in [9.17, 15) is 4.39 Å². The summed E-state index contributed by atoms with van der Waals surface area (Å²) in [5.41, 5.74) is 1.05. The molecule has 0 aliphatic carbocycles. The summed E-state index contributed by atoms with van der Waals surface area (Å²) in [5, 5.41) is 3.41. The van der Waals surface area contributed by atoms with E-state index in [1.807, 2.05) is 0 Å². The van der Waals surface area contributed by atoms with Crippen molar-refractivity contribution in [3.05, 3.63) is 34.1 Å². The average Bonchev–Trinajstić information content (AvgIpc) is 2.23. The fourth-order valence-corrected chi connectivity index (χ4v) is 2.42. The Morgan fingerprint density at radius 2 is 2.21 bits per heavy atom. The van der Waals surface area contributed by atoms with Gasteiger partial charge in [0.05, 0.1) is 0 Å². The van der Waals surface area contributed by atoms with Gasteiger partial charge in [0.2, 0.25) is 0 Å². The van der Waals surface area contributed by atoms with Gasteiger partial charge in [0.15, 0.2) is 0 Å². The van der Waals surface area contributed by atoms with Crippen molar-refractivity contribution in [3.8, 4) is 0 Å². The molecule has 2 rings (SSSR count). The lowest BCUT2D eigenvalue weighted by molar-refractivity contribution is 0.410. The van der Waals surface area contributed by atoms with Gasteiger partial charge >= 0.3 is 0 Å². The summed E-state index contributed by atoms with van der Waals surface area (Å²) < 4.78 is 14.1. The van der Waals surface area contributed by atoms with E-state index in [4.69, 9.17) is 0 Å². The number of hydrogen-bond acceptors (Lipinski definition) is 1. The van der Waals surface area contributed by atoms with E-state index in [0.717, 1.165) is 23.0 Å². The topological polar surface area (TPSA) is 12.0 Å². The smallest absolute Gasteiger partial charge is 0.123 e. The summed E-state index contributed by atoms with van der Waals surface area (Å²) in [6.45, 7) is 1.04. The van der Waals surface area contributed by atoms with E-state index in [1.54, 1.807) is 12.1 Å². The van der Waals surface area contributed by atoms with Crippen molar-refractivity contribution in [2.75, 3.05) is 6.54 Å². The summed E-state index contributed by atoms with van der Waals surface area (Å²) in [4.78, 5) is 0. The molecular weight excluding hydrogens is 245 g/mol. The molecular formula is C11H13BrFN. The molecule has 1 aliphatic rings. The summed E-state index contributed by atoms with van der Waals surface area (Å²) >= 11 is 3.46. The van der Waals surface area contributed by atoms with E-state index in [-0.39, 0.29) is 5.82 Å². The molecule has 1 aliphatic heterocycles. The van der Waals surface area contributed by atoms with Crippen LogP contribution in [0.15, 0.2) is 22.7 Å². The molecule has 0 amide bonds. The maximum Gasteiger partial charge on any atom is 0.123 e. The first-order chi connectivity index (χ1) is 6.77. The average molecular weight is 258 g/mol. The van der Waals surface area contributed by atoms with Crippen LogP contribution < -0.4 is 5.32 Å². The standard InChI is InChI=1S/C11H13BrFN/c12-10-5-4-8(13)7-9(10)11-3-1-2-6-14-11/h4-5,7,11,14H,1-3,6H2/t11-/m0/s1. The summed E-state index contributed by atoms with van der Waals surface area (Å²) in [6.07, 6.45) is 3.55. The third kappa shape index (κ3) is 2.15. The molecule has 76 valence electrons. The van der Waals surface area contributed by atoms with Crippen LogP contribution in [0, 0.1) is 5.82 Å². The van der Waals surface area contributed by atoms with Gasteiger partial charge in [-0.05, 0) is 43.1 Å². The lowest BCUT2D eigenvalue weighted by Crippen LogP contribution is -2.27. The van der Waals surface area contributed by atoms with Crippen LogP contribution in [0.4, 0.5) is 4.39 Å². The van der Waals surface area contributed by atoms with Gasteiger partial charge in [-0.2, -0.15) is 0 Å². The van der Waals surface area contributed by atoms with E-state index >= 15 is 0 Å². The largest absolute Gasteiger partial charge is 0.310 e. The highest BCUT2D eigenvalue weighted by Gasteiger charge is 2.17. The van der Waals surface area contributed by atoms with Crippen molar-refractivity contribution >= 4 is 15.9 Å². The first kappa shape index (κ1) is 10.1. The van der Waals surface area contributed by atoms with Crippen LogP contribution in [-0.2, 0) is 0 Å². The highest BCUT2D eigenvalue weighted by atomic mass is 79.9. The monoisotopic (exact) mass is 257 g/mol. The Hall–Kier alpha value is -0.410. The highest BCUT2D eigenvalue weighted by molar-refractivity contribution is 9.10. The molecule has 0 radical (unpaired) electrons. The van der Waals surface area contributed by atoms with Gasteiger partial charge in [-0.1, -0.05) is 22.4 Å². The summed E-state index contributed by atoms with van der Waals surface area (Å²) in [6, 6.07) is 5.19. The minimum Gasteiger partial charge on any atom is -0.310 e. The zero-order chi connectivity index (χ0) is 9.97. The Balaban J connectivity index is 2.24. The Kier molecular flexibility index (Phi) is 3.19. The number of piperidine rings is 1. The van der Waals surface area contributed by atoms with E-state index in [1.165, 1.54) is 18.9 Å². The summed E-state index contributed by atoms with van der Waals surface area (Å²) in [7, 11) is 0. The molecule has 1 heterocycles. The number of nitrogens with one attached hydrogen (secondary N) is 1. The molecule has 1 fully saturated rings. The van der Waals surface area contributed by atoms with E-state index < -0.39 is 0 Å². The van der Waals surface area contributed by atoms with Crippen LogP contribution in [0.1, 0.15) is 30.9 Å². The lowest BCUT2D eigenvalue weighted by atomic mass is 9.97. The molecule has 1 atom stereocenters. The van der Waals surface area contributed by atoms with Crippen LogP contribution in [0.2, 0.25) is 0 Å². The first-order valence-electron chi connectivity index (χ1n) is 4.96. The number of rotatable bonds is 1. The van der Waals surface area contributed by atoms with Gasteiger partial charge in [-0.25, -0.2) is 4.39 Å². The predicted molar refractivity (Wildman–Crippen MR) is 58.7 cm³/mol. The molecule has 0 aromatic heterocycles. The van der Waals surface area contributed by atoms with Crippen LogP contribution in [0.5, 0.6) is 0 Å². The molecule has 1 N–H and O–H groups in total. The van der Waals surface area contributed by atoms with Gasteiger partial charge in [-0.3, -0.25) is 0 Å². The lowest BCUT2D eigenvalue weighted by Gasteiger charge is -2.24.